The summed E-state index contributed by atoms with van der Waals surface area (Å²) in [5.74, 6) is -0.565. The van der Waals surface area contributed by atoms with E-state index in [1.807, 2.05) is 0 Å². The smallest absolute Gasteiger partial charge is 0.393 e. The van der Waals surface area contributed by atoms with E-state index in [-0.39, 0.29) is 13.0 Å². The lowest BCUT2D eigenvalue weighted by Gasteiger charge is -2.33. The second-order valence-electron chi connectivity index (χ2n) is 6.26. The highest BCUT2D eigenvalue weighted by atomic mass is 19.4. The molecule has 1 atom stereocenters. The number of benzene rings is 1. The van der Waals surface area contributed by atoms with Crippen LogP contribution in [0.1, 0.15) is 24.8 Å². The predicted octanol–water partition coefficient (Wildman–Crippen LogP) is 3.66. The van der Waals surface area contributed by atoms with Crippen molar-refractivity contribution in [3.8, 4) is 11.5 Å². The highest BCUT2D eigenvalue weighted by Gasteiger charge is 2.42. The molecule has 1 aromatic rings. The summed E-state index contributed by atoms with van der Waals surface area (Å²) < 4.78 is 49.6. The maximum Gasteiger partial charge on any atom is 0.393 e. The quantitative estimate of drug-likeness (QED) is 0.760. The number of carbonyl (C=O) groups is 1. The van der Waals surface area contributed by atoms with Crippen LogP contribution in [0, 0.1) is 5.92 Å². The van der Waals surface area contributed by atoms with Crippen molar-refractivity contribution in [2.45, 2.75) is 25.4 Å². The lowest BCUT2D eigenvalue weighted by molar-refractivity contribution is -0.187. The van der Waals surface area contributed by atoms with Gasteiger partial charge in [-0.3, -0.25) is 4.79 Å². The number of rotatable bonds is 2. The Hall–Kier alpha value is -2.18. The minimum atomic E-state index is -4.25. The molecule has 0 aliphatic carbocycles. The van der Waals surface area contributed by atoms with Gasteiger partial charge in [-0.05, 0) is 36.6 Å². The summed E-state index contributed by atoms with van der Waals surface area (Å²) in [6.45, 7) is 1.24. The molecule has 2 heterocycles. The van der Waals surface area contributed by atoms with Crippen LogP contribution in [0.5, 0.6) is 11.5 Å². The Morgan fingerprint density at radius 3 is 2.68 bits per heavy atom. The molecule has 3 rings (SSSR count). The summed E-state index contributed by atoms with van der Waals surface area (Å²) in [7, 11) is 0. The first-order valence-corrected chi connectivity index (χ1v) is 8.37. The molecule has 1 amide bonds. The Labute approximate surface area is 144 Å². The van der Waals surface area contributed by atoms with Crippen LogP contribution in [-0.2, 0) is 4.79 Å². The van der Waals surface area contributed by atoms with E-state index >= 15 is 0 Å². The van der Waals surface area contributed by atoms with Gasteiger partial charge in [-0.2, -0.15) is 13.2 Å². The van der Waals surface area contributed by atoms with Gasteiger partial charge in [0.2, 0.25) is 5.91 Å². The van der Waals surface area contributed by atoms with Gasteiger partial charge < -0.3 is 14.4 Å². The number of hydrogen-bond donors (Lipinski definition) is 0. The first-order valence-electron chi connectivity index (χ1n) is 8.37. The van der Waals surface area contributed by atoms with Crippen LogP contribution in [0.2, 0.25) is 0 Å². The number of carbonyl (C=O) groups excluding carboxylic acids is 1. The Morgan fingerprint density at radius 1 is 1.16 bits per heavy atom. The van der Waals surface area contributed by atoms with Crippen LogP contribution < -0.4 is 9.47 Å². The van der Waals surface area contributed by atoms with Crippen molar-refractivity contribution in [1.29, 1.82) is 0 Å². The SMILES string of the molecule is O=C(/C=C/c1ccc2c(c1)OCCCO2)N1CCCC(C(F)(F)F)C1. The number of halogens is 3. The molecule has 0 spiro atoms. The number of nitrogens with zero attached hydrogens (tertiary/aromatic N) is 1. The highest BCUT2D eigenvalue weighted by Crippen LogP contribution is 2.33. The second-order valence-corrected chi connectivity index (χ2v) is 6.26. The van der Waals surface area contributed by atoms with Gasteiger partial charge in [0.15, 0.2) is 11.5 Å². The third-order valence-electron chi connectivity index (χ3n) is 4.39. The third kappa shape index (κ3) is 4.46. The van der Waals surface area contributed by atoms with Crippen molar-refractivity contribution in [3.63, 3.8) is 0 Å². The van der Waals surface area contributed by atoms with E-state index in [0.717, 1.165) is 12.0 Å². The molecule has 1 aromatic carbocycles. The van der Waals surface area contributed by atoms with Gasteiger partial charge in [-0.15, -0.1) is 0 Å². The van der Waals surface area contributed by atoms with E-state index in [9.17, 15) is 18.0 Å². The minimum absolute atomic E-state index is 0.0825. The summed E-state index contributed by atoms with van der Waals surface area (Å²) in [5, 5.41) is 0. The molecule has 0 bridgehead atoms. The topological polar surface area (TPSA) is 38.8 Å². The zero-order valence-corrected chi connectivity index (χ0v) is 13.7. The molecular weight excluding hydrogens is 335 g/mol. The van der Waals surface area contributed by atoms with Crippen LogP contribution in [0.3, 0.4) is 0 Å². The first kappa shape index (κ1) is 17.6. The number of alkyl halides is 3. The average molecular weight is 355 g/mol. The molecule has 2 aliphatic rings. The van der Waals surface area contributed by atoms with E-state index in [1.165, 1.54) is 11.0 Å². The van der Waals surface area contributed by atoms with Gasteiger partial charge in [-0.1, -0.05) is 6.07 Å². The maximum atomic E-state index is 12.8. The van der Waals surface area contributed by atoms with Crippen molar-refractivity contribution < 1.29 is 27.4 Å². The lowest BCUT2D eigenvalue weighted by Crippen LogP contribution is -2.44. The van der Waals surface area contributed by atoms with Crippen LogP contribution in [0.4, 0.5) is 13.2 Å². The molecule has 0 N–H and O–H groups in total. The Kier molecular flexibility index (Phi) is 5.20. The normalized spacial score (nSPS) is 21.2. The zero-order valence-electron chi connectivity index (χ0n) is 13.7. The van der Waals surface area contributed by atoms with Crippen LogP contribution >= 0.6 is 0 Å². The molecular formula is C18H20F3NO3. The minimum Gasteiger partial charge on any atom is -0.490 e. The number of hydrogen-bond acceptors (Lipinski definition) is 3. The third-order valence-corrected chi connectivity index (χ3v) is 4.39. The van der Waals surface area contributed by atoms with E-state index in [2.05, 4.69) is 0 Å². The fraction of sp³-hybridized carbons (Fsp3) is 0.500. The predicted molar refractivity (Wildman–Crippen MR) is 86.4 cm³/mol. The number of ether oxygens (including phenoxy) is 2. The van der Waals surface area contributed by atoms with Gasteiger partial charge in [-0.25, -0.2) is 0 Å². The monoisotopic (exact) mass is 355 g/mol. The molecule has 1 fully saturated rings. The average Bonchev–Trinajstić information content (AvgIpc) is 2.84. The van der Waals surface area contributed by atoms with E-state index in [4.69, 9.17) is 9.47 Å². The second kappa shape index (κ2) is 7.37. The molecule has 0 radical (unpaired) electrons. The van der Waals surface area contributed by atoms with Crippen molar-refractivity contribution in [3.05, 3.63) is 29.8 Å². The Morgan fingerprint density at radius 2 is 1.92 bits per heavy atom. The van der Waals surface area contributed by atoms with Crippen LogP contribution in [0.25, 0.3) is 6.08 Å². The first-order chi connectivity index (χ1) is 11.9. The van der Waals surface area contributed by atoms with Gasteiger partial charge >= 0.3 is 6.18 Å². The van der Waals surface area contributed by atoms with E-state index in [1.54, 1.807) is 24.3 Å². The van der Waals surface area contributed by atoms with Crippen molar-refractivity contribution >= 4 is 12.0 Å². The molecule has 1 saturated heterocycles. The molecule has 0 aromatic heterocycles. The van der Waals surface area contributed by atoms with Gasteiger partial charge in [0.25, 0.3) is 0 Å². The Balaban J connectivity index is 1.65. The fourth-order valence-electron chi connectivity index (χ4n) is 3.00. The fourth-order valence-corrected chi connectivity index (χ4v) is 3.00. The van der Waals surface area contributed by atoms with Crippen LogP contribution in [-0.4, -0.2) is 43.3 Å². The molecule has 7 heteroatoms. The largest absolute Gasteiger partial charge is 0.490 e. The summed E-state index contributed by atoms with van der Waals surface area (Å²) in [4.78, 5) is 13.5. The zero-order chi connectivity index (χ0) is 17.9. The molecule has 4 nitrogen and oxygen atoms in total. The summed E-state index contributed by atoms with van der Waals surface area (Å²) in [6, 6.07) is 5.32. The molecule has 25 heavy (non-hydrogen) atoms. The maximum absolute atomic E-state index is 12.8. The molecule has 136 valence electrons. The molecule has 2 aliphatic heterocycles. The number of amides is 1. The van der Waals surface area contributed by atoms with Gasteiger partial charge in [0, 0.05) is 25.6 Å². The number of piperidine rings is 1. The standard InChI is InChI=1S/C18H20F3NO3/c19-18(20,21)14-3-1-8-22(12-14)17(23)7-5-13-4-6-15-16(11-13)25-10-2-9-24-15/h4-7,11,14H,1-3,8-10,12H2/b7-5+. The highest BCUT2D eigenvalue weighted by molar-refractivity contribution is 5.92. The van der Waals surface area contributed by atoms with Gasteiger partial charge in [0.05, 0.1) is 19.1 Å². The summed E-state index contributed by atoms with van der Waals surface area (Å²) >= 11 is 0. The number of fused-ring (bicyclic) bond motifs is 1. The molecule has 1 unspecified atom stereocenters. The van der Waals surface area contributed by atoms with Crippen molar-refractivity contribution in [2.24, 2.45) is 5.92 Å². The molecule has 0 saturated carbocycles. The van der Waals surface area contributed by atoms with Crippen molar-refractivity contribution in [2.75, 3.05) is 26.3 Å². The summed E-state index contributed by atoms with van der Waals surface area (Å²) in [6.07, 6.45) is -0.0935. The van der Waals surface area contributed by atoms with Gasteiger partial charge in [0.1, 0.15) is 0 Å². The van der Waals surface area contributed by atoms with Crippen molar-refractivity contribution in [1.82, 2.24) is 4.90 Å². The number of likely N-dealkylation sites (tertiary alicyclic amines) is 1. The summed E-state index contributed by atoms with van der Waals surface area (Å²) in [5.41, 5.74) is 0.738. The van der Waals surface area contributed by atoms with E-state index in [0.29, 0.717) is 37.7 Å². The van der Waals surface area contributed by atoms with Crippen LogP contribution in [0.15, 0.2) is 24.3 Å². The van der Waals surface area contributed by atoms with E-state index < -0.39 is 18.0 Å². The Bertz CT molecular complexity index is 657. The lowest BCUT2D eigenvalue weighted by atomic mass is 9.97.